The number of carbonyl (C=O) groups excluding carboxylic acids is 2. The molecule has 0 atom stereocenters. The molecule has 11 heteroatoms. The first-order valence-corrected chi connectivity index (χ1v) is 13.1. The summed E-state index contributed by atoms with van der Waals surface area (Å²) in [5.41, 5.74) is 3.69. The maximum absolute atomic E-state index is 13.1. The number of carbonyl (C=O) groups is 2. The smallest absolute Gasteiger partial charge is 0.243 e. The van der Waals surface area contributed by atoms with E-state index in [1.165, 1.54) is 4.31 Å². The van der Waals surface area contributed by atoms with Gasteiger partial charge in [0, 0.05) is 56.2 Å². The Morgan fingerprint density at radius 2 is 1.78 bits per heavy atom. The highest BCUT2D eigenvalue weighted by atomic mass is 32.2. The highest BCUT2D eigenvalue weighted by Gasteiger charge is 2.27. The topological polar surface area (TPSA) is 116 Å². The van der Waals surface area contributed by atoms with Crippen molar-refractivity contribution in [1.29, 1.82) is 0 Å². The summed E-state index contributed by atoms with van der Waals surface area (Å²) in [6, 6.07) is 14.0. The van der Waals surface area contributed by atoms with Crippen LogP contribution in [0.15, 0.2) is 59.6 Å². The van der Waals surface area contributed by atoms with Crippen molar-refractivity contribution >= 4 is 39.7 Å². The third kappa shape index (κ3) is 4.54. The van der Waals surface area contributed by atoms with Gasteiger partial charge in [0.25, 0.3) is 0 Å². The fraction of sp³-hybridized carbons (Fsp3) is 0.280. The summed E-state index contributed by atoms with van der Waals surface area (Å²) in [7, 11) is -1.92. The van der Waals surface area contributed by atoms with Crippen molar-refractivity contribution in [2.45, 2.75) is 17.7 Å². The van der Waals surface area contributed by atoms with Crippen LogP contribution in [-0.2, 0) is 26.0 Å². The van der Waals surface area contributed by atoms with E-state index in [-0.39, 0.29) is 23.8 Å². The molecular formula is C25H26N6O4S. The van der Waals surface area contributed by atoms with E-state index < -0.39 is 10.0 Å². The van der Waals surface area contributed by atoms with Gasteiger partial charge in [-0.05, 0) is 36.8 Å². The van der Waals surface area contributed by atoms with Gasteiger partial charge in [-0.25, -0.2) is 18.4 Å². The predicted octanol–water partition coefficient (Wildman–Crippen LogP) is 2.26. The van der Waals surface area contributed by atoms with E-state index in [4.69, 9.17) is 0 Å². The van der Waals surface area contributed by atoms with Gasteiger partial charge < -0.3 is 15.1 Å². The van der Waals surface area contributed by atoms with Gasteiger partial charge in [-0.1, -0.05) is 18.2 Å². The van der Waals surface area contributed by atoms with E-state index in [9.17, 15) is 18.0 Å². The molecular weight excluding hydrogens is 480 g/mol. The summed E-state index contributed by atoms with van der Waals surface area (Å²) in [6.45, 7) is 1.56. The Labute approximate surface area is 209 Å². The van der Waals surface area contributed by atoms with Crippen molar-refractivity contribution in [2.75, 3.05) is 43.4 Å². The van der Waals surface area contributed by atoms with Crippen molar-refractivity contribution in [3.05, 3.63) is 60.3 Å². The second-order valence-electron chi connectivity index (χ2n) is 8.76. The summed E-state index contributed by atoms with van der Waals surface area (Å²) in [5.74, 6) is 0.309. The van der Waals surface area contributed by atoms with Gasteiger partial charge in [-0.3, -0.25) is 9.59 Å². The van der Waals surface area contributed by atoms with Crippen LogP contribution < -0.4 is 10.2 Å². The molecule has 2 aromatic carbocycles. The number of para-hydroxylation sites is 1. The lowest BCUT2D eigenvalue weighted by molar-refractivity contribution is -0.118. The van der Waals surface area contributed by atoms with E-state index in [1.54, 1.807) is 47.3 Å². The van der Waals surface area contributed by atoms with Crippen LogP contribution in [0.5, 0.6) is 0 Å². The first kappa shape index (κ1) is 23.9. The van der Waals surface area contributed by atoms with E-state index in [1.807, 2.05) is 24.3 Å². The van der Waals surface area contributed by atoms with Gasteiger partial charge in [-0.15, -0.1) is 0 Å². The number of nitrogens with one attached hydrogen (secondary N) is 1. The molecule has 5 rings (SSSR count). The van der Waals surface area contributed by atoms with Gasteiger partial charge in [0.15, 0.2) is 0 Å². The van der Waals surface area contributed by atoms with Gasteiger partial charge in [0.05, 0.1) is 22.7 Å². The lowest BCUT2D eigenvalue weighted by atomic mass is 10.1. The molecule has 3 aromatic rings. The quantitative estimate of drug-likeness (QED) is 0.528. The molecule has 0 saturated carbocycles. The molecule has 2 aliphatic rings. The van der Waals surface area contributed by atoms with Gasteiger partial charge in [-0.2, -0.15) is 4.31 Å². The molecule has 10 nitrogen and oxygen atoms in total. The molecule has 36 heavy (non-hydrogen) atoms. The molecule has 1 fully saturated rings. The number of nitrogens with zero attached hydrogens (tertiary/aromatic N) is 5. The number of hydrogen-bond acceptors (Lipinski definition) is 7. The van der Waals surface area contributed by atoms with Crippen LogP contribution in [0, 0.1) is 0 Å². The zero-order valence-electron chi connectivity index (χ0n) is 19.8. The molecule has 3 heterocycles. The average Bonchev–Trinajstić information content (AvgIpc) is 3.20. The molecule has 1 saturated heterocycles. The van der Waals surface area contributed by atoms with Crippen LogP contribution in [0.2, 0.25) is 0 Å². The lowest BCUT2D eigenvalue weighted by Gasteiger charge is -2.20. The highest BCUT2D eigenvalue weighted by molar-refractivity contribution is 7.89. The van der Waals surface area contributed by atoms with Gasteiger partial charge >= 0.3 is 0 Å². The molecule has 1 N–H and O–H groups in total. The number of aromatic nitrogens is 2. The third-order valence-corrected chi connectivity index (χ3v) is 8.40. The van der Waals surface area contributed by atoms with E-state index in [0.717, 1.165) is 23.2 Å². The van der Waals surface area contributed by atoms with E-state index in [2.05, 4.69) is 15.3 Å². The lowest BCUT2D eigenvalue weighted by Crippen LogP contribution is -2.34. The number of anilines is 3. The van der Waals surface area contributed by atoms with Crippen molar-refractivity contribution < 1.29 is 18.0 Å². The summed E-state index contributed by atoms with van der Waals surface area (Å²) in [5, 5.41) is 3.13. The third-order valence-electron chi connectivity index (χ3n) is 6.49. The summed E-state index contributed by atoms with van der Waals surface area (Å²) < 4.78 is 27.6. The minimum Gasteiger partial charge on any atom is -0.344 e. The Balaban J connectivity index is 1.37. The van der Waals surface area contributed by atoms with Crippen LogP contribution in [0.25, 0.3) is 11.3 Å². The normalized spacial score (nSPS) is 16.5. The number of amides is 2. The molecule has 0 radical (unpaired) electrons. The van der Waals surface area contributed by atoms with Crippen molar-refractivity contribution in [3.8, 4) is 11.3 Å². The second kappa shape index (κ2) is 9.67. The fourth-order valence-corrected chi connectivity index (χ4v) is 5.93. The molecule has 0 spiro atoms. The van der Waals surface area contributed by atoms with E-state index in [0.29, 0.717) is 43.4 Å². The van der Waals surface area contributed by atoms with Crippen LogP contribution in [0.1, 0.15) is 12.0 Å². The summed E-state index contributed by atoms with van der Waals surface area (Å²) in [6.07, 6.45) is 3.21. The highest BCUT2D eigenvalue weighted by Crippen LogP contribution is 2.35. The second-order valence-corrected chi connectivity index (χ2v) is 10.7. The predicted molar refractivity (Wildman–Crippen MR) is 135 cm³/mol. The SMILES string of the molecule is CN1C(=O)Cc2cnc(Nc3ccc(S(=O)(=O)N4CCCN(C=O)CC4)cc3)nc2-c2ccccc21. The van der Waals surface area contributed by atoms with Crippen LogP contribution in [-0.4, -0.2) is 73.1 Å². The van der Waals surface area contributed by atoms with Crippen LogP contribution in [0.4, 0.5) is 17.3 Å². The zero-order valence-corrected chi connectivity index (χ0v) is 20.6. The number of fused-ring (bicyclic) bond motifs is 3. The first-order valence-electron chi connectivity index (χ1n) is 11.7. The molecule has 0 unspecified atom stereocenters. The van der Waals surface area contributed by atoms with Gasteiger partial charge in [0.2, 0.25) is 28.3 Å². The Kier molecular flexibility index (Phi) is 6.42. The van der Waals surface area contributed by atoms with Crippen LogP contribution in [0.3, 0.4) is 0 Å². The Bertz CT molecular complexity index is 1410. The van der Waals surface area contributed by atoms with Crippen molar-refractivity contribution in [1.82, 2.24) is 19.2 Å². The Morgan fingerprint density at radius 1 is 1.00 bits per heavy atom. The van der Waals surface area contributed by atoms with Crippen molar-refractivity contribution in [2.24, 2.45) is 0 Å². The number of rotatable bonds is 5. The maximum atomic E-state index is 13.1. The average molecular weight is 507 g/mol. The number of sulfonamides is 1. The molecule has 2 amide bonds. The summed E-state index contributed by atoms with van der Waals surface area (Å²) >= 11 is 0. The standard InChI is InChI=1S/C25H26N6O4S/c1-29-22-6-3-2-5-21(22)24-18(15-23(29)33)16-26-25(28-24)27-19-7-9-20(10-8-19)36(34,35)31-12-4-11-30(17-32)13-14-31/h2-3,5-10,16-17H,4,11-15H2,1H3,(H,26,27,28). The molecule has 1 aromatic heterocycles. The molecule has 0 aliphatic carbocycles. The van der Waals surface area contributed by atoms with E-state index >= 15 is 0 Å². The maximum Gasteiger partial charge on any atom is 0.243 e. The molecule has 0 bridgehead atoms. The monoisotopic (exact) mass is 506 g/mol. The number of likely N-dealkylation sites (N-methyl/N-ethyl adjacent to an activating group) is 1. The van der Waals surface area contributed by atoms with Crippen molar-refractivity contribution in [3.63, 3.8) is 0 Å². The fourth-order valence-electron chi connectivity index (χ4n) is 4.46. The number of hydrogen-bond donors (Lipinski definition) is 1. The Morgan fingerprint density at radius 3 is 2.56 bits per heavy atom. The summed E-state index contributed by atoms with van der Waals surface area (Å²) in [4.78, 5) is 36.1. The Hall–Kier alpha value is -3.83. The molecule has 2 aliphatic heterocycles. The van der Waals surface area contributed by atoms with Crippen LogP contribution >= 0.6 is 0 Å². The first-order chi connectivity index (χ1) is 17.4. The van der Waals surface area contributed by atoms with Gasteiger partial charge in [0.1, 0.15) is 0 Å². The minimum atomic E-state index is -3.67. The largest absolute Gasteiger partial charge is 0.344 e. The molecule has 186 valence electrons. The minimum absolute atomic E-state index is 0.0365. The zero-order chi connectivity index (χ0) is 25.3. The number of benzene rings is 2.